The average Bonchev–Trinajstić information content (AvgIpc) is 2.76. The third-order valence-corrected chi connectivity index (χ3v) is 4.17. The van der Waals surface area contributed by atoms with E-state index >= 15 is 0 Å². The van der Waals surface area contributed by atoms with Crippen LogP contribution in [0.25, 0.3) is 5.57 Å². The summed E-state index contributed by atoms with van der Waals surface area (Å²) >= 11 is 6.03. The molecule has 20 heavy (non-hydrogen) atoms. The van der Waals surface area contributed by atoms with Gasteiger partial charge in [-0.1, -0.05) is 18.5 Å². The molecule has 0 bridgehead atoms. The molecule has 1 amide bonds. The van der Waals surface area contributed by atoms with Crippen molar-refractivity contribution in [3.8, 4) is 0 Å². The molecular formula is C15H18ClN3O. The molecule has 0 spiro atoms. The van der Waals surface area contributed by atoms with Crippen LogP contribution in [-0.2, 0) is 4.79 Å². The zero-order chi connectivity index (χ0) is 14.1. The van der Waals surface area contributed by atoms with Gasteiger partial charge in [0.1, 0.15) is 0 Å². The number of hydrogen-bond acceptors (Lipinski definition) is 3. The third kappa shape index (κ3) is 2.53. The van der Waals surface area contributed by atoms with Gasteiger partial charge in [-0.05, 0) is 24.7 Å². The Morgan fingerprint density at radius 1 is 1.30 bits per heavy atom. The van der Waals surface area contributed by atoms with Gasteiger partial charge in [0.2, 0.25) is 0 Å². The third-order valence-electron chi connectivity index (χ3n) is 3.93. The molecule has 1 fully saturated rings. The average molecular weight is 292 g/mol. The summed E-state index contributed by atoms with van der Waals surface area (Å²) in [6, 6.07) is 5.50. The minimum absolute atomic E-state index is 0.0415. The Balaban J connectivity index is 1.82. The maximum Gasteiger partial charge on any atom is 0.257 e. The molecule has 2 aliphatic heterocycles. The summed E-state index contributed by atoms with van der Waals surface area (Å²) < 4.78 is 0. The van der Waals surface area contributed by atoms with E-state index in [2.05, 4.69) is 22.0 Å². The zero-order valence-electron chi connectivity index (χ0n) is 11.5. The first-order valence-electron chi connectivity index (χ1n) is 6.97. The molecule has 2 aliphatic rings. The number of piperazine rings is 1. The molecule has 5 heteroatoms. The van der Waals surface area contributed by atoms with Crippen LogP contribution < -0.4 is 5.32 Å². The van der Waals surface area contributed by atoms with Crippen molar-refractivity contribution in [1.82, 2.24) is 9.80 Å². The van der Waals surface area contributed by atoms with Crippen molar-refractivity contribution >= 4 is 28.8 Å². The van der Waals surface area contributed by atoms with Gasteiger partial charge >= 0.3 is 0 Å². The van der Waals surface area contributed by atoms with Crippen LogP contribution in [0.3, 0.4) is 0 Å². The van der Waals surface area contributed by atoms with Crippen LogP contribution in [0.5, 0.6) is 0 Å². The van der Waals surface area contributed by atoms with Crippen LogP contribution in [0.1, 0.15) is 12.5 Å². The summed E-state index contributed by atoms with van der Waals surface area (Å²) in [7, 11) is 0. The lowest BCUT2D eigenvalue weighted by atomic mass is 10.1. The monoisotopic (exact) mass is 291 g/mol. The van der Waals surface area contributed by atoms with Crippen molar-refractivity contribution in [3.63, 3.8) is 0 Å². The fraction of sp³-hybridized carbons (Fsp3) is 0.400. The Hall–Kier alpha value is -1.52. The van der Waals surface area contributed by atoms with Crippen LogP contribution in [0.2, 0.25) is 5.02 Å². The Labute approximate surface area is 124 Å². The van der Waals surface area contributed by atoms with Crippen molar-refractivity contribution < 1.29 is 4.79 Å². The van der Waals surface area contributed by atoms with E-state index in [1.165, 1.54) is 0 Å². The minimum Gasteiger partial charge on any atom is -0.374 e. The van der Waals surface area contributed by atoms with E-state index in [9.17, 15) is 4.79 Å². The summed E-state index contributed by atoms with van der Waals surface area (Å²) in [5, 5.41) is 3.54. The van der Waals surface area contributed by atoms with E-state index in [0.717, 1.165) is 44.0 Å². The summed E-state index contributed by atoms with van der Waals surface area (Å²) in [6.07, 6.45) is 1.98. The molecule has 3 rings (SSSR count). The molecule has 0 aromatic heterocycles. The standard InChI is InChI=1S/C15H18ClN3O/c1-2-18-5-7-19(8-6-18)10-13-12-9-11(16)3-4-14(12)17-15(13)20/h3-4,9-10H,2,5-8H2,1H3,(H,17,20)/b13-10+. The molecule has 1 aromatic rings. The molecule has 0 aliphatic carbocycles. The summed E-state index contributed by atoms with van der Waals surface area (Å²) in [6.45, 7) is 7.27. The second kappa shape index (κ2) is 5.46. The number of nitrogens with zero attached hydrogens (tertiary/aromatic N) is 2. The van der Waals surface area contributed by atoms with E-state index in [-0.39, 0.29) is 5.91 Å². The number of anilines is 1. The molecule has 1 N–H and O–H groups in total. The van der Waals surface area contributed by atoms with E-state index in [1.807, 2.05) is 18.3 Å². The maximum absolute atomic E-state index is 12.1. The van der Waals surface area contributed by atoms with Gasteiger partial charge in [0.15, 0.2) is 0 Å². The summed E-state index contributed by atoms with van der Waals surface area (Å²) in [5.41, 5.74) is 2.46. The van der Waals surface area contributed by atoms with E-state index in [1.54, 1.807) is 6.07 Å². The predicted octanol–water partition coefficient (Wildman–Crippen LogP) is 2.27. The number of hydrogen-bond donors (Lipinski definition) is 1. The van der Waals surface area contributed by atoms with Crippen LogP contribution in [-0.4, -0.2) is 48.4 Å². The zero-order valence-corrected chi connectivity index (χ0v) is 12.3. The van der Waals surface area contributed by atoms with Gasteiger partial charge in [-0.15, -0.1) is 0 Å². The number of carbonyl (C=O) groups is 1. The van der Waals surface area contributed by atoms with Crippen molar-refractivity contribution in [3.05, 3.63) is 35.0 Å². The molecule has 1 saturated heterocycles. The first-order chi connectivity index (χ1) is 9.67. The number of halogens is 1. The predicted molar refractivity (Wildman–Crippen MR) is 81.7 cm³/mol. The van der Waals surface area contributed by atoms with Gasteiger partial charge in [-0.25, -0.2) is 0 Å². The Morgan fingerprint density at radius 3 is 2.75 bits per heavy atom. The van der Waals surface area contributed by atoms with E-state index < -0.39 is 0 Å². The first kappa shape index (κ1) is 13.5. The van der Waals surface area contributed by atoms with Gasteiger partial charge in [0.25, 0.3) is 5.91 Å². The molecular weight excluding hydrogens is 274 g/mol. The van der Waals surface area contributed by atoms with Crippen molar-refractivity contribution in [2.75, 3.05) is 38.0 Å². The van der Waals surface area contributed by atoms with Crippen LogP contribution in [0.15, 0.2) is 24.4 Å². The van der Waals surface area contributed by atoms with Crippen molar-refractivity contribution in [1.29, 1.82) is 0 Å². The highest BCUT2D eigenvalue weighted by atomic mass is 35.5. The second-order valence-corrected chi connectivity index (χ2v) is 5.59. The topological polar surface area (TPSA) is 35.6 Å². The lowest BCUT2D eigenvalue weighted by Gasteiger charge is -2.33. The van der Waals surface area contributed by atoms with Crippen LogP contribution >= 0.6 is 11.6 Å². The van der Waals surface area contributed by atoms with Crippen LogP contribution in [0.4, 0.5) is 5.69 Å². The largest absolute Gasteiger partial charge is 0.374 e. The van der Waals surface area contributed by atoms with Crippen LogP contribution in [0, 0.1) is 0 Å². The Bertz CT molecular complexity index is 562. The fourth-order valence-electron chi connectivity index (χ4n) is 2.68. The molecule has 0 radical (unpaired) electrons. The summed E-state index contributed by atoms with van der Waals surface area (Å²) in [4.78, 5) is 16.7. The second-order valence-electron chi connectivity index (χ2n) is 5.16. The quantitative estimate of drug-likeness (QED) is 0.849. The highest BCUT2D eigenvalue weighted by molar-refractivity contribution is 6.34. The number of carbonyl (C=O) groups excluding carboxylic acids is 1. The van der Waals surface area contributed by atoms with Gasteiger partial charge in [-0.2, -0.15) is 0 Å². The number of amides is 1. The first-order valence-corrected chi connectivity index (χ1v) is 7.34. The SMILES string of the molecule is CCN1CCN(/C=C2/C(=O)Nc3ccc(Cl)cc32)CC1. The molecule has 2 heterocycles. The van der Waals surface area contributed by atoms with E-state index in [4.69, 9.17) is 11.6 Å². The molecule has 0 atom stereocenters. The maximum atomic E-state index is 12.1. The van der Waals surface area contributed by atoms with Gasteiger partial charge in [-0.3, -0.25) is 4.79 Å². The van der Waals surface area contributed by atoms with Crippen molar-refractivity contribution in [2.24, 2.45) is 0 Å². The highest BCUT2D eigenvalue weighted by Crippen LogP contribution is 2.34. The number of fused-ring (bicyclic) bond motifs is 1. The van der Waals surface area contributed by atoms with E-state index in [0.29, 0.717) is 10.6 Å². The number of benzene rings is 1. The minimum atomic E-state index is -0.0415. The molecule has 0 saturated carbocycles. The molecule has 106 valence electrons. The fourth-order valence-corrected chi connectivity index (χ4v) is 2.85. The smallest absolute Gasteiger partial charge is 0.257 e. The Kier molecular flexibility index (Phi) is 3.68. The summed E-state index contributed by atoms with van der Waals surface area (Å²) in [5.74, 6) is -0.0415. The molecule has 1 aromatic carbocycles. The van der Waals surface area contributed by atoms with Gasteiger partial charge in [0, 0.05) is 48.7 Å². The van der Waals surface area contributed by atoms with Gasteiger partial charge < -0.3 is 15.1 Å². The lowest BCUT2D eigenvalue weighted by Crippen LogP contribution is -2.43. The van der Waals surface area contributed by atoms with Crippen molar-refractivity contribution in [2.45, 2.75) is 6.92 Å². The number of likely N-dealkylation sites (N-methyl/N-ethyl adjacent to an activating group) is 1. The van der Waals surface area contributed by atoms with Gasteiger partial charge in [0.05, 0.1) is 5.57 Å². The highest BCUT2D eigenvalue weighted by Gasteiger charge is 2.25. The normalized spacial score (nSPS) is 21.2. The number of rotatable bonds is 2. The molecule has 4 nitrogen and oxygen atoms in total. The Morgan fingerprint density at radius 2 is 2.05 bits per heavy atom. The lowest BCUT2D eigenvalue weighted by molar-refractivity contribution is -0.110. The molecule has 0 unspecified atom stereocenters. The number of nitrogens with one attached hydrogen (secondary N) is 1.